The van der Waals surface area contributed by atoms with Gasteiger partial charge in [0.2, 0.25) is 0 Å². The van der Waals surface area contributed by atoms with Crippen molar-refractivity contribution < 1.29 is 18.0 Å². The van der Waals surface area contributed by atoms with Gasteiger partial charge in [-0.1, -0.05) is 29.5 Å². The molecule has 0 aliphatic rings. The summed E-state index contributed by atoms with van der Waals surface area (Å²) in [5.74, 6) is 0.315. The number of hydrogen-bond acceptors (Lipinski definition) is 4. The number of carbonyl (C=O) groups excluding carboxylic acids is 1. The highest BCUT2D eigenvalue weighted by molar-refractivity contribution is 5.91. The highest BCUT2D eigenvalue weighted by atomic mass is 19.4. The second kappa shape index (κ2) is 7.97. The molecule has 0 saturated heterocycles. The zero-order valence-electron chi connectivity index (χ0n) is 15.6. The van der Waals surface area contributed by atoms with E-state index < -0.39 is 17.6 Å². The van der Waals surface area contributed by atoms with Crippen molar-refractivity contribution in [3.63, 3.8) is 0 Å². The molecule has 0 aliphatic carbocycles. The average molecular weight is 414 g/mol. The minimum atomic E-state index is -4.54. The van der Waals surface area contributed by atoms with Gasteiger partial charge in [0, 0.05) is 13.0 Å². The van der Waals surface area contributed by atoms with Crippen molar-refractivity contribution >= 4 is 16.9 Å². The predicted octanol–water partition coefficient (Wildman–Crippen LogP) is 3.53. The Kier molecular flexibility index (Phi) is 5.21. The Morgan fingerprint density at radius 2 is 1.87 bits per heavy atom. The number of nitrogens with one attached hydrogen (secondary N) is 2. The van der Waals surface area contributed by atoms with Crippen molar-refractivity contribution in [2.75, 3.05) is 6.54 Å². The van der Waals surface area contributed by atoms with Crippen LogP contribution in [0.1, 0.15) is 28.3 Å². The first-order valence-corrected chi connectivity index (χ1v) is 9.22. The number of amides is 1. The molecule has 7 nitrogen and oxygen atoms in total. The zero-order chi connectivity index (χ0) is 21.1. The number of rotatable bonds is 6. The Morgan fingerprint density at radius 3 is 2.67 bits per heavy atom. The van der Waals surface area contributed by atoms with Crippen LogP contribution in [0.5, 0.6) is 0 Å². The summed E-state index contributed by atoms with van der Waals surface area (Å²) in [6, 6.07) is 12.7. The van der Waals surface area contributed by atoms with Gasteiger partial charge in [0.15, 0.2) is 5.69 Å². The summed E-state index contributed by atoms with van der Waals surface area (Å²) in [7, 11) is 0. The summed E-state index contributed by atoms with van der Waals surface area (Å²) < 4.78 is 40.4. The molecule has 2 aromatic carbocycles. The first kappa shape index (κ1) is 19.6. The van der Waals surface area contributed by atoms with Crippen LogP contribution < -0.4 is 5.32 Å². The van der Waals surface area contributed by atoms with Crippen LogP contribution in [0.3, 0.4) is 0 Å². The number of alkyl halides is 3. The van der Waals surface area contributed by atoms with Crippen LogP contribution in [0.25, 0.3) is 16.7 Å². The molecule has 4 aromatic rings. The summed E-state index contributed by atoms with van der Waals surface area (Å²) in [5.41, 5.74) is 0.726. The molecule has 2 heterocycles. The van der Waals surface area contributed by atoms with Crippen LogP contribution in [-0.2, 0) is 12.6 Å². The number of fused-ring (bicyclic) bond motifs is 1. The molecule has 4 rings (SSSR count). The number of aromatic amines is 1. The monoisotopic (exact) mass is 414 g/mol. The number of H-pyrrole nitrogens is 1. The lowest BCUT2D eigenvalue weighted by atomic mass is 10.1. The van der Waals surface area contributed by atoms with Crippen LogP contribution in [-0.4, -0.2) is 37.4 Å². The van der Waals surface area contributed by atoms with E-state index in [1.54, 1.807) is 0 Å². The minimum absolute atomic E-state index is 0.0595. The van der Waals surface area contributed by atoms with Gasteiger partial charge in [0.05, 0.1) is 28.5 Å². The molecule has 0 aliphatic heterocycles. The van der Waals surface area contributed by atoms with Crippen LogP contribution >= 0.6 is 0 Å². The van der Waals surface area contributed by atoms with Crippen molar-refractivity contribution in [1.82, 2.24) is 30.3 Å². The van der Waals surface area contributed by atoms with Crippen LogP contribution in [0, 0.1) is 0 Å². The standard InChI is InChI=1S/C20H17F3N6O/c21-20(22,23)13-6-1-4-9-17(13)29-12-16(27-28-29)19(30)24-11-5-10-18-25-14-7-2-3-8-15(14)26-18/h1-4,6-9,12H,5,10-11H2,(H,24,30)(H,25,26). The average Bonchev–Trinajstić information content (AvgIpc) is 3.37. The van der Waals surface area contributed by atoms with E-state index in [4.69, 9.17) is 0 Å². The molecule has 0 radical (unpaired) electrons. The van der Waals surface area contributed by atoms with Gasteiger partial charge in [-0.15, -0.1) is 5.10 Å². The maximum atomic E-state index is 13.2. The van der Waals surface area contributed by atoms with Crippen LogP contribution in [0.4, 0.5) is 13.2 Å². The second-order valence-corrected chi connectivity index (χ2v) is 6.62. The van der Waals surface area contributed by atoms with Crippen molar-refractivity contribution in [2.24, 2.45) is 0 Å². The maximum absolute atomic E-state index is 13.2. The largest absolute Gasteiger partial charge is 0.418 e. The van der Waals surface area contributed by atoms with E-state index in [1.165, 1.54) is 24.4 Å². The lowest BCUT2D eigenvalue weighted by Gasteiger charge is -2.11. The summed E-state index contributed by atoms with van der Waals surface area (Å²) >= 11 is 0. The molecule has 0 fully saturated rings. The molecule has 1 amide bonds. The summed E-state index contributed by atoms with van der Waals surface area (Å²) in [6.07, 6.45) is -2.09. The zero-order valence-corrected chi connectivity index (χ0v) is 15.6. The number of aryl methyl sites for hydroxylation is 1. The van der Waals surface area contributed by atoms with E-state index in [0.717, 1.165) is 27.6 Å². The van der Waals surface area contributed by atoms with Gasteiger partial charge in [-0.05, 0) is 30.7 Å². The lowest BCUT2D eigenvalue weighted by molar-refractivity contribution is -0.137. The number of nitrogens with zero attached hydrogens (tertiary/aromatic N) is 4. The summed E-state index contributed by atoms with van der Waals surface area (Å²) in [6.45, 7) is 0.363. The normalized spacial score (nSPS) is 11.7. The Bertz CT molecular complexity index is 1150. The van der Waals surface area contributed by atoms with Gasteiger partial charge in [0.25, 0.3) is 5.91 Å². The van der Waals surface area contributed by atoms with E-state index in [2.05, 4.69) is 25.6 Å². The van der Waals surface area contributed by atoms with Crippen molar-refractivity contribution in [3.8, 4) is 5.69 Å². The molecule has 2 aromatic heterocycles. The van der Waals surface area contributed by atoms with Gasteiger partial charge in [-0.3, -0.25) is 4.79 Å². The fourth-order valence-corrected chi connectivity index (χ4v) is 3.07. The molecule has 0 unspecified atom stereocenters. The van der Waals surface area contributed by atoms with Gasteiger partial charge >= 0.3 is 6.18 Å². The highest BCUT2D eigenvalue weighted by Gasteiger charge is 2.34. The van der Waals surface area contributed by atoms with Crippen molar-refractivity contribution in [1.29, 1.82) is 0 Å². The van der Waals surface area contributed by atoms with E-state index >= 15 is 0 Å². The van der Waals surface area contributed by atoms with Crippen LogP contribution in [0.2, 0.25) is 0 Å². The molecule has 10 heteroatoms. The Morgan fingerprint density at radius 1 is 1.10 bits per heavy atom. The summed E-state index contributed by atoms with van der Waals surface area (Å²) in [5, 5.41) is 10.1. The van der Waals surface area contributed by atoms with Crippen molar-refractivity contribution in [3.05, 3.63) is 71.8 Å². The summed E-state index contributed by atoms with van der Waals surface area (Å²) in [4.78, 5) is 19.9. The number of carbonyl (C=O) groups is 1. The number of imidazole rings is 1. The molecule has 0 bridgehead atoms. The molecule has 0 saturated carbocycles. The topological polar surface area (TPSA) is 88.5 Å². The molecule has 154 valence electrons. The Hall–Kier alpha value is -3.69. The van der Waals surface area contributed by atoms with Gasteiger partial charge in [-0.25, -0.2) is 9.67 Å². The predicted molar refractivity (Wildman–Crippen MR) is 103 cm³/mol. The smallest absolute Gasteiger partial charge is 0.351 e. The quantitative estimate of drug-likeness (QED) is 0.473. The fraction of sp³-hybridized carbons (Fsp3) is 0.200. The number of benzene rings is 2. The minimum Gasteiger partial charge on any atom is -0.351 e. The van der Waals surface area contributed by atoms with E-state index in [-0.39, 0.29) is 11.4 Å². The molecule has 0 atom stereocenters. The number of halogens is 3. The highest BCUT2D eigenvalue weighted by Crippen LogP contribution is 2.33. The molecule has 30 heavy (non-hydrogen) atoms. The maximum Gasteiger partial charge on any atom is 0.418 e. The van der Waals surface area contributed by atoms with E-state index in [9.17, 15) is 18.0 Å². The van der Waals surface area contributed by atoms with Gasteiger partial charge in [0.1, 0.15) is 5.82 Å². The Labute approximate surface area is 168 Å². The number of aromatic nitrogens is 5. The van der Waals surface area contributed by atoms with E-state index in [1.807, 2.05) is 24.3 Å². The SMILES string of the molecule is O=C(NCCCc1nc2ccccc2[nH]1)c1cn(-c2ccccc2C(F)(F)F)nn1. The van der Waals surface area contributed by atoms with Crippen molar-refractivity contribution in [2.45, 2.75) is 19.0 Å². The molecule has 2 N–H and O–H groups in total. The van der Waals surface area contributed by atoms with Gasteiger partial charge in [-0.2, -0.15) is 13.2 Å². The van der Waals surface area contributed by atoms with E-state index in [0.29, 0.717) is 19.4 Å². The second-order valence-electron chi connectivity index (χ2n) is 6.62. The van der Waals surface area contributed by atoms with Crippen LogP contribution in [0.15, 0.2) is 54.7 Å². The number of para-hydroxylation sites is 3. The third kappa shape index (κ3) is 4.17. The Balaban J connectivity index is 1.36. The molecular weight excluding hydrogens is 397 g/mol. The first-order valence-electron chi connectivity index (χ1n) is 9.22. The fourth-order valence-electron chi connectivity index (χ4n) is 3.07. The van der Waals surface area contributed by atoms with Gasteiger partial charge < -0.3 is 10.3 Å². The lowest BCUT2D eigenvalue weighted by Crippen LogP contribution is -2.25. The third-order valence-electron chi connectivity index (χ3n) is 4.50. The molecule has 0 spiro atoms. The molecular formula is C20H17F3N6O. The number of hydrogen-bond donors (Lipinski definition) is 2. The third-order valence-corrected chi connectivity index (χ3v) is 4.50. The first-order chi connectivity index (χ1) is 14.4.